The standard InChI is InChI=1S/C23H33FN8O/c1-28-12-17(11-25)14-31-9-2-7-23(15-31)8-10-32(16-23)22(33)30-21(27)20(26)13-29-19-5-3-18(24)4-6-19/h3-6,11-13,29H,2,7-10,14-16,25-26H2,1H3,(H2,27,30,33)/b17-11?,20-13+,28-12?. The van der Waals surface area contributed by atoms with E-state index in [-0.39, 0.29) is 28.8 Å². The number of amides is 2. The van der Waals surface area contributed by atoms with Crippen molar-refractivity contribution in [2.75, 3.05) is 45.1 Å². The normalized spacial score (nSPS) is 22.2. The molecule has 0 aliphatic carbocycles. The number of amidine groups is 1. The van der Waals surface area contributed by atoms with E-state index in [1.165, 1.54) is 18.3 Å². The number of rotatable bonds is 6. The Labute approximate surface area is 193 Å². The maximum atomic E-state index is 13.0. The van der Waals surface area contributed by atoms with Crippen LogP contribution in [0, 0.1) is 16.6 Å². The molecule has 3 rings (SSSR count). The summed E-state index contributed by atoms with van der Waals surface area (Å²) in [6.45, 7) is 3.92. The number of anilines is 1. The Morgan fingerprint density at radius 3 is 2.73 bits per heavy atom. The average Bonchev–Trinajstić information content (AvgIpc) is 3.21. The Bertz CT molecular complexity index is 942. The van der Waals surface area contributed by atoms with E-state index in [2.05, 4.69) is 20.5 Å². The maximum Gasteiger partial charge on any atom is 0.323 e. The molecule has 0 aromatic heterocycles. The van der Waals surface area contributed by atoms with Gasteiger partial charge in [0, 0.05) is 56.7 Å². The predicted molar refractivity (Wildman–Crippen MR) is 130 cm³/mol. The summed E-state index contributed by atoms with van der Waals surface area (Å²) in [7, 11) is 1.73. The van der Waals surface area contributed by atoms with E-state index in [4.69, 9.17) is 16.9 Å². The number of nitrogens with one attached hydrogen (secondary N) is 3. The highest BCUT2D eigenvalue weighted by Gasteiger charge is 2.42. The van der Waals surface area contributed by atoms with Crippen molar-refractivity contribution in [3.05, 3.63) is 53.8 Å². The molecule has 2 saturated heterocycles. The lowest BCUT2D eigenvalue weighted by atomic mass is 9.79. The van der Waals surface area contributed by atoms with Gasteiger partial charge in [0.1, 0.15) is 5.82 Å². The van der Waals surface area contributed by atoms with Gasteiger partial charge in [-0.05, 0) is 61.8 Å². The van der Waals surface area contributed by atoms with Crippen molar-refractivity contribution < 1.29 is 9.18 Å². The van der Waals surface area contributed by atoms with Crippen LogP contribution in [0.3, 0.4) is 0 Å². The van der Waals surface area contributed by atoms with Crippen molar-refractivity contribution in [2.45, 2.75) is 19.3 Å². The topological polar surface area (TPSA) is 136 Å². The summed E-state index contributed by atoms with van der Waals surface area (Å²) in [6, 6.07) is 5.42. The van der Waals surface area contributed by atoms with Crippen LogP contribution in [0.25, 0.3) is 0 Å². The molecule has 1 spiro atoms. The second-order valence-corrected chi connectivity index (χ2v) is 8.67. The van der Waals surface area contributed by atoms with Gasteiger partial charge in [0.2, 0.25) is 0 Å². The van der Waals surface area contributed by atoms with Crippen molar-refractivity contribution in [3.8, 4) is 0 Å². The first kappa shape index (κ1) is 24.2. The van der Waals surface area contributed by atoms with Gasteiger partial charge in [-0.15, -0.1) is 0 Å². The molecule has 0 radical (unpaired) electrons. The van der Waals surface area contributed by atoms with Gasteiger partial charge in [-0.1, -0.05) is 0 Å². The van der Waals surface area contributed by atoms with Gasteiger partial charge in [0.15, 0.2) is 5.84 Å². The van der Waals surface area contributed by atoms with Crippen LogP contribution in [-0.2, 0) is 0 Å². The molecule has 9 nitrogen and oxygen atoms in total. The van der Waals surface area contributed by atoms with Gasteiger partial charge in [-0.2, -0.15) is 0 Å². The molecule has 10 heteroatoms. The molecule has 178 valence electrons. The molecule has 2 fully saturated rings. The van der Waals surface area contributed by atoms with Crippen LogP contribution in [-0.4, -0.2) is 67.7 Å². The fraction of sp³-hybridized carbons (Fsp3) is 0.435. The highest BCUT2D eigenvalue weighted by atomic mass is 19.1. The van der Waals surface area contributed by atoms with E-state index in [1.807, 2.05) is 0 Å². The van der Waals surface area contributed by atoms with Gasteiger partial charge < -0.3 is 21.7 Å². The highest BCUT2D eigenvalue weighted by Crippen LogP contribution is 2.39. The molecule has 0 bridgehead atoms. The predicted octanol–water partition coefficient (Wildman–Crippen LogP) is 2.06. The molecular formula is C23H33FN8O. The van der Waals surface area contributed by atoms with Crippen LogP contribution < -0.4 is 22.1 Å². The molecule has 1 aromatic rings. The third kappa shape index (κ3) is 6.55. The molecule has 7 N–H and O–H groups in total. The van der Waals surface area contributed by atoms with Gasteiger partial charge in [0.05, 0.1) is 5.70 Å². The summed E-state index contributed by atoms with van der Waals surface area (Å²) in [6.07, 6.45) is 7.84. The van der Waals surface area contributed by atoms with Crippen LogP contribution in [0.15, 0.2) is 52.9 Å². The highest BCUT2D eigenvalue weighted by molar-refractivity contribution is 6.05. The third-order valence-corrected chi connectivity index (χ3v) is 6.14. The number of carbonyl (C=O) groups is 1. The number of halogens is 1. The van der Waals surface area contributed by atoms with E-state index >= 15 is 0 Å². The fourth-order valence-corrected chi connectivity index (χ4v) is 4.48. The van der Waals surface area contributed by atoms with Gasteiger partial charge in [0.25, 0.3) is 0 Å². The summed E-state index contributed by atoms with van der Waals surface area (Å²) in [5.74, 6) is -0.523. The summed E-state index contributed by atoms with van der Waals surface area (Å²) >= 11 is 0. The number of nitrogens with two attached hydrogens (primary N) is 2. The first-order chi connectivity index (χ1) is 15.8. The first-order valence-corrected chi connectivity index (χ1v) is 11.0. The van der Waals surface area contributed by atoms with Crippen molar-refractivity contribution in [1.82, 2.24) is 15.1 Å². The molecule has 33 heavy (non-hydrogen) atoms. The zero-order valence-corrected chi connectivity index (χ0v) is 19.0. The lowest BCUT2D eigenvalue weighted by Gasteiger charge is -2.40. The summed E-state index contributed by atoms with van der Waals surface area (Å²) in [5, 5.41) is 13.6. The number of hydrogen-bond acceptors (Lipinski definition) is 7. The van der Waals surface area contributed by atoms with E-state index < -0.39 is 0 Å². The number of aliphatic imine (C=N–C) groups is 1. The van der Waals surface area contributed by atoms with Gasteiger partial charge in [-0.25, -0.2) is 9.18 Å². The Morgan fingerprint density at radius 2 is 2.03 bits per heavy atom. The fourth-order valence-electron chi connectivity index (χ4n) is 4.48. The Morgan fingerprint density at radius 1 is 1.27 bits per heavy atom. The largest absolute Gasteiger partial charge is 0.404 e. The smallest absolute Gasteiger partial charge is 0.323 e. The average molecular weight is 457 g/mol. The monoisotopic (exact) mass is 456 g/mol. The first-order valence-electron chi connectivity index (χ1n) is 11.0. The second-order valence-electron chi connectivity index (χ2n) is 8.67. The molecule has 2 heterocycles. The van der Waals surface area contributed by atoms with E-state index in [0.29, 0.717) is 18.8 Å². The number of hydrogen-bond donors (Lipinski definition) is 5. The summed E-state index contributed by atoms with van der Waals surface area (Å²) < 4.78 is 13.0. The van der Waals surface area contributed by atoms with Gasteiger partial charge in [-0.3, -0.25) is 20.6 Å². The molecule has 2 aliphatic heterocycles. The van der Waals surface area contributed by atoms with Crippen molar-refractivity contribution >= 4 is 23.8 Å². The second kappa shape index (κ2) is 11.0. The van der Waals surface area contributed by atoms with Crippen LogP contribution >= 0.6 is 0 Å². The Kier molecular flexibility index (Phi) is 8.05. The summed E-state index contributed by atoms with van der Waals surface area (Å²) in [5.41, 5.74) is 13.4. The number of urea groups is 1. The third-order valence-electron chi connectivity index (χ3n) is 6.14. The number of nitrogens with zero attached hydrogens (tertiary/aromatic N) is 3. The number of carbonyl (C=O) groups excluding carboxylic acids is 1. The molecule has 0 saturated carbocycles. The zero-order valence-electron chi connectivity index (χ0n) is 19.0. The lowest BCUT2D eigenvalue weighted by molar-refractivity contribution is 0.104. The Hall–Kier alpha value is -3.40. The van der Waals surface area contributed by atoms with E-state index in [9.17, 15) is 9.18 Å². The van der Waals surface area contributed by atoms with Crippen LogP contribution in [0.1, 0.15) is 19.3 Å². The minimum absolute atomic E-state index is 0.0480. The molecule has 1 aromatic carbocycles. The number of benzene rings is 1. The molecule has 2 amide bonds. The van der Waals surface area contributed by atoms with E-state index in [0.717, 1.165) is 44.5 Å². The quantitative estimate of drug-likeness (QED) is 0.330. The summed E-state index contributed by atoms with van der Waals surface area (Å²) in [4.78, 5) is 20.9. The van der Waals surface area contributed by atoms with Crippen molar-refractivity contribution in [2.24, 2.45) is 21.9 Å². The van der Waals surface area contributed by atoms with Gasteiger partial charge >= 0.3 is 6.03 Å². The van der Waals surface area contributed by atoms with Crippen LogP contribution in [0.5, 0.6) is 0 Å². The van der Waals surface area contributed by atoms with E-state index in [1.54, 1.807) is 36.5 Å². The van der Waals surface area contributed by atoms with Crippen molar-refractivity contribution in [1.29, 1.82) is 5.41 Å². The maximum absolute atomic E-state index is 13.0. The van der Waals surface area contributed by atoms with Crippen LogP contribution in [0.4, 0.5) is 14.9 Å². The molecule has 1 atom stereocenters. The SMILES string of the molecule is CN=CC(=CN)CN1CCCC2(CCN(C(=O)NC(=N)/C(N)=C\Nc3ccc(F)cc3)C2)C1. The zero-order chi connectivity index (χ0) is 23.8. The van der Waals surface area contributed by atoms with Crippen LogP contribution in [0.2, 0.25) is 0 Å². The molecular weight excluding hydrogens is 423 g/mol. The molecule has 2 aliphatic rings. The Balaban J connectivity index is 1.52. The minimum Gasteiger partial charge on any atom is -0.404 e. The molecule has 1 unspecified atom stereocenters. The number of likely N-dealkylation sites (tertiary alicyclic amines) is 2. The lowest BCUT2D eigenvalue weighted by Crippen LogP contribution is -2.48. The number of piperidine rings is 1. The minimum atomic E-state index is -0.340. The van der Waals surface area contributed by atoms with Crippen molar-refractivity contribution in [3.63, 3.8) is 0 Å².